The Morgan fingerprint density at radius 3 is 2.57 bits per heavy atom. The maximum atomic E-state index is 13.3. The lowest BCUT2D eigenvalue weighted by atomic mass is 9.88. The highest BCUT2D eigenvalue weighted by Gasteiger charge is 2.32. The van der Waals surface area contributed by atoms with Crippen LogP contribution in [0.4, 0.5) is 8.78 Å². The van der Waals surface area contributed by atoms with E-state index >= 15 is 0 Å². The number of nitrogens with two attached hydrogens (primary N) is 1. The summed E-state index contributed by atoms with van der Waals surface area (Å²) >= 11 is 0. The lowest BCUT2D eigenvalue weighted by Gasteiger charge is -2.37. The van der Waals surface area contributed by atoms with Crippen LogP contribution < -0.4 is 16.6 Å². The van der Waals surface area contributed by atoms with E-state index in [2.05, 4.69) is 10.7 Å². The van der Waals surface area contributed by atoms with Gasteiger partial charge in [-0.05, 0) is 37.1 Å². The predicted octanol–water partition coefficient (Wildman–Crippen LogP) is 1.65. The van der Waals surface area contributed by atoms with E-state index in [0.29, 0.717) is 12.0 Å². The maximum Gasteiger partial charge on any atom is 0.126 e. The van der Waals surface area contributed by atoms with Crippen LogP contribution in [0.1, 0.15) is 24.9 Å². The Morgan fingerprint density at radius 1 is 1.33 bits per heavy atom. The summed E-state index contributed by atoms with van der Waals surface area (Å²) in [6.45, 7) is 1.61. The summed E-state index contributed by atoms with van der Waals surface area (Å²) in [5.74, 6) is 4.16. The topological polar surface area (TPSA) is 70.3 Å². The third-order valence-corrected chi connectivity index (χ3v) is 3.64. The van der Waals surface area contributed by atoms with Gasteiger partial charge in [0, 0.05) is 11.8 Å². The van der Waals surface area contributed by atoms with E-state index in [1.807, 2.05) is 25.2 Å². The molecule has 1 aromatic carbocycles. The molecule has 2 rings (SSSR count). The second-order valence-corrected chi connectivity index (χ2v) is 5.27. The van der Waals surface area contributed by atoms with Crippen LogP contribution in [0.3, 0.4) is 0 Å². The van der Waals surface area contributed by atoms with Gasteiger partial charge in [0.05, 0.1) is 18.2 Å². The quantitative estimate of drug-likeness (QED) is 0.492. The van der Waals surface area contributed by atoms with E-state index in [-0.39, 0.29) is 6.61 Å². The molecule has 21 heavy (non-hydrogen) atoms. The molecule has 0 spiro atoms. The molecule has 1 aliphatic rings. The van der Waals surface area contributed by atoms with Crippen LogP contribution >= 0.6 is 0 Å². The Labute approximate surface area is 122 Å². The Kier molecular flexibility index (Phi) is 4.72. The molecule has 2 atom stereocenters. The van der Waals surface area contributed by atoms with Gasteiger partial charge in [-0.2, -0.15) is 0 Å². The van der Waals surface area contributed by atoms with Crippen molar-refractivity contribution in [3.8, 4) is 0 Å². The summed E-state index contributed by atoms with van der Waals surface area (Å²) in [4.78, 5) is 0. The minimum absolute atomic E-state index is 0.292. The average molecular weight is 295 g/mol. The fourth-order valence-electron chi connectivity index (χ4n) is 2.50. The molecule has 5 N–H and O–H groups in total. The highest BCUT2D eigenvalue weighted by atomic mass is 19.1. The Morgan fingerprint density at radius 2 is 2.00 bits per heavy atom. The SMILES string of the molecule is C[C@@]1(NC(CO)c2cc(F)cc(F)c2)CC=CC=C1NN. The first-order valence-electron chi connectivity index (χ1n) is 6.67. The fourth-order valence-corrected chi connectivity index (χ4v) is 2.50. The monoisotopic (exact) mass is 295 g/mol. The van der Waals surface area contributed by atoms with Gasteiger partial charge in [0.2, 0.25) is 0 Å². The minimum atomic E-state index is -0.674. The molecular formula is C15H19F2N3O. The minimum Gasteiger partial charge on any atom is -0.394 e. The number of hydrogen-bond acceptors (Lipinski definition) is 4. The summed E-state index contributed by atoms with van der Waals surface area (Å²) in [5.41, 5.74) is 3.15. The zero-order valence-corrected chi connectivity index (χ0v) is 11.7. The van der Waals surface area contributed by atoms with Gasteiger partial charge in [-0.3, -0.25) is 11.2 Å². The van der Waals surface area contributed by atoms with Gasteiger partial charge in [0.1, 0.15) is 11.6 Å². The molecule has 0 saturated heterocycles. The normalized spacial score (nSPS) is 22.8. The Balaban J connectivity index is 2.26. The molecule has 0 aliphatic heterocycles. The number of hydrazine groups is 1. The average Bonchev–Trinajstić information content (AvgIpc) is 2.44. The van der Waals surface area contributed by atoms with Crippen molar-refractivity contribution < 1.29 is 13.9 Å². The van der Waals surface area contributed by atoms with Crippen molar-refractivity contribution in [3.63, 3.8) is 0 Å². The molecule has 0 fully saturated rings. The van der Waals surface area contributed by atoms with Crippen LogP contribution in [0.15, 0.2) is 42.1 Å². The van der Waals surface area contributed by atoms with E-state index in [4.69, 9.17) is 5.84 Å². The second-order valence-electron chi connectivity index (χ2n) is 5.27. The highest BCUT2D eigenvalue weighted by molar-refractivity contribution is 5.30. The lowest BCUT2D eigenvalue weighted by Crippen LogP contribution is -2.52. The van der Waals surface area contributed by atoms with Crippen molar-refractivity contribution in [2.75, 3.05) is 6.61 Å². The van der Waals surface area contributed by atoms with Crippen LogP contribution in [0.5, 0.6) is 0 Å². The smallest absolute Gasteiger partial charge is 0.126 e. The molecular weight excluding hydrogens is 276 g/mol. The van der Waals surface area contributed by atoms with Crippen LogP contribution in [0.25, 0.3) is 0 Å². The van der Waals surface area contributed by atoms with Gasteiger partial charge >= 0.3 is 0 Å². The Hall–Kier alpha value is -1.76. The van der Waals surface area contributed by atoms with Crippen LogP contribution in [-0.4, -0.2) is 17.3 Å². The fraction of sp³-hybridized carbons (Fsp3) is 0.333. The summed E-state index contributed by atoms with van der Waals surface area (Å²) in [6.07, 6.45) is 6.28. The van der Waals surface area contributed by atoms with E-state index in [1.165, 1.54) is 12.1 Å². The Bertz CT molecular complexity index is 554. The number of rotatable bonds is 5. The number of hydrogen-bond donors (Lipinski definition) is 4. The second kappa shape index (κ2) is 6.34. The van der Waals surface area contributed by atoms with Crippen molar-refractivity contribution in [1.82, 2.24) is 10.7 Å². The third kappa shape index (κ3) is 3.47. The first-order valence-corrected chi connectivity index (χ1v) is 6.67. The standard InChI is InChI=1S/C15H19F2N3O/c1-15(5-3-2-4-14(15)20-18)19-13(9-21)10-6-11(16)8-12(17)7-10/h2-4,6-8,13,19-21H,5,9,18H2,1H3/t13?,15-/m1/s1. The van der Waals surface area contributed by atoms with Crippen LogP contribution in [0.2, 0.25) is 0 Å². The molecule has 1 aromatic rings. The molecule has 0 heterocycles. The molecule has 114 valence electrons. The van der Waals surface area contributed by atoms with E-state index in [0.717, 1.165) is 11.8 Å². The summed E-state index contributed by atoms with van der Waals surface area (Å²) in [7, 11) is 0. The molecule has 0 saturated carbocycles. The largest absolute Gasteiger partial charge is 0.394 e. The van der Waals surface area contributed by atoms with Crippen molar-refractivity contribution in [2.24, 2.45) is 5.84 Å². The van der Waals surface area contributed by atoms with Gasteiger partial charge in [0.25, 0.3) is 0 Å². The van der Waals surface area contributed by atoms with E-state index in [1.54, 1.807) is 0 Å². The van der Waals surface area contributed by atoms with Gasteiger partial charge in [-0.25, -0.2) is 8.78 Å². The molecule has 1 unspecified atom stereocenters. The molecule has 0 amide bonds. The number of allylic oxidation sites excluding steroid dienone is 2. The highest BCUT2D eigenvalue weighted by Crippen LogP contribution is 2.27. The van der Waals surface area contributed by atoms with Gasteiger partial charge in [-0.15, -0.1) is 0 Å². The van der Waals surface area contributed by atoms with Crippen LogP contribution in [0, 0.1) is 11.6 Å². The van der Waals surface area contributed by atoms with Gasteiger partial charge in [0.15, 0.2) is 0 Å². The number of nitrogens with one attached hydrogen (secondary N) is 2. The zero-order valence-electron chi connectivity index (χ0n) is 11.7. The van der Waals surface area contributed by atoms with Crippen molar-refractivity contribution in [2.45, 2.75) is 24.9 Å². The van der Waals surface area contributed by atoms with Crippen LogP contribution in [-0.2, 0) is 0 Å². The lowest BCUT2D eigenvalue weighted by molar-refractivity contribution is 0.213. The molecule has 0 radical (unpaired) electrons. The summed E-state index contributed by atoms with van der Waals surface area (Å²) in [6, 6.07) is 2.61. The van der Waals surface area contributed by atoms with Crippen molar-refractivity contribution in [1.29, 1.82) is 0 Å². The first-order chi connectivity index (χ1) is 9.98. The number of aliphatic hydroxyl groups excluding tert-OH is 1. The zero-order chi connectivity index (χ0) is 15.5. The molecule has 4 nitrogen and oxygen atoms in total. The molecule has 0 bridgehead atoms. The molecule has 6 heteroatoms. The number of aliphatic hydroxyl groups is 1. The third-order valence-electron chi connectivity index (χ3n) is 3.64. The predicted molar refractivity (Wildman–Crippen MR) is 76.9 cm³/mol. The summed E-state index contributed by atoms with van der Waals surface area (Å²) < 4.78 is 26.7. The molecule has 0 aromatic heterocycles. The van der Waals surface area contributed by atoms with Gasteiger partial charge in [-0.1, -0.05) is 12.2 Å². The van der Waals surface area contributed by atoms with E-state index in [9.17, 15) is 13.9 Å². The van der Waals surface area contributed by atoms with Gasteiger partial charge < -0.3 is 10.5 Å². The molecule has 1 aliphatic carbocycles. The summed E-state index contributed by atoms with van der Waals surface area (Å²) in [5, 5.41) is 12.8. The number of halogens is 2. The van der Waals surface area contributed by atoms with Crippen molar-refractivity contribution in [3.05, 3.63) is 59.3 Å². The maximum absolute atomic E-state index is 13.3. The van der Waals surface area contributed by atoms with E-state index < -0.39 is 23.2 Å². The number of benzene rings is 1. The first kappa shape index (κ1) is 15.6. The van der Waals surface area contributed by atoms with Crippen molar-refractivity contribution >= 4 is 0 Å².